The molecule has 1 fully saturated rings. The summed E-state index contributed by atoms with van der Waals surface area (Å²) in [6.07, 6.45) is -2.64. The lowest BCUT2D eigenvalue weighted by atomic mass is 10.1. The third-order valence-electron chi connectivity index (χ3n) is 5.28. The molecule has 0 radical (unpaired) electrons. The molecule has 0 N–H and O–H groups in total. The van der Waals surface area contributed by atoms with E-state index in [1.54, 1.807) is 24.3 Å². The Morgan fingerprint density at radius 1 is 0.971 bits per heavy atom. The molecule has 34 heavy (non-hydrogen) atoms. The van der Waals surface area contributed by atoms with E-state index in [9.17, 15) is 19.7 Å². The molecule has 0 amide bonds. The second-order valence-electron chi connectivity index (χ2n) is 7.15. The smallest absolute Gasteiger partial charge is 0.496 e. The van der Waals surface area contributed by atoms with E-state index in [0.29, 0.717) is 43.2 Å². The molecule has 1 saturated heterocycles. The summed E-state index contributed by atoms with van der Waals surface area (Å²) >= 11 is 0. The molecule has 1 atom stereocenters. The first kappa shape index (κ1) is 24.6. The van der Waals surface area contributed by atoms with Gasteiger partial charge in [-0.15, -0.1) is 0 Å². The lowest BCUT2D eigenvalue weighted by molar-refractivity contribution is -0.384. The van der Waals surface area contributed by atoms with Gasteiger partial charge in [0.05, 0.1) is 31.8 Å². The van der Waals surface area contributed by atoms with Crippen molar-refractivity contribution in [1.29, 1.82) is 0 Å². The molecule has 3 rings (SSSR count). The van der Waals surface area contributed by atoms with E-state index in [-0.39, 0.29) is 11.4 Å². The van der Waals surface area contributed by atoms with Crippen molar-refractivity contribution in [3.8, 4) is 11.5 Å². The van der Waals surface area contributed by atoms with Crippen LogP contribution in [0.2, 0.25) is 0 Å². The highest BCUT2D eigenvalue weighted by Crippen LogP contribution is 2.35. The molecular weight excluding hydrogens is 450 g/mol. The minimum atomic E-state index is -0.886. The first-order chi connectivity index (χ1) is 16.4. The zero-order chi connectivity index (χ0) is 24.7. The van der Waals surface area contributed by atoms with E-state index in [2.05, 4.69) is 4.74 Å². The van der Waals surface area contributed by atoms with Gasteiger partial charge in [0, 0.05) is 38.3 Å². The molecule has 1 heterocycles. The first-order valence-corrected chi connectivity index (χ1v) is 10.3. The molecule has 12 nitrogen and oxygen atoms in total. The quantitative estimate of drug-likeness (QED) is 0.253. The van der Waals surface area contributed by atoms with Crippen LogP contribution in [0.15, 0.2) is 42.5 Å². The minimum Gasteiger partial charge on any atom is -0.496 e. The standard InChI is InChI=1S/C22H25N3O9/c1-30-19-14-15(33-21(26)31-2)8-9-16(19)20(34-22(27)32-3)24-12-10-23(11-13-24)17-6-4-5-7-18(17)25(28)29/h4-9,14,20H,10-13H2,1-3H3. The monoisotopic (exact) mass is 475 g/mol. The molecule has 0 aliphatic carbocycles. The maximum Gasteiger partial charge on any atom is 0.513 e. The van der Waals surface area contributed by atoms with Gasteiger partial charge in [-0.1, -0.05) is 12.1 Å². The van der Waals surface area contributed by atoms with Gasteiger partial charge in [0.1, 0.15) is 17.2 Å². The summed E-state index contributed by atoms with van der Waals surface area (Å²) in [5.41, 5.74) is 1.06. The third kappa shape index (κ3) is 5.64. The number of para-hydroxylation sites is 2. The van der Waals surface area contributed by atoms with Crippen LogP contribution >= 0.6 is 0 Å². The van der Waals surface area contributed by atoms with E-state index in [0.717, 1.165) is 0 Å². The molecule has 12 heteroatoms. The third-order valence-corrected chi connectivity index (χ3v) is 5.28. The number of nitro benzene ring substituents is 1. The maximum atomic E-state index is 12.0. The lowest BCUT2D eigenvalue weighted by Gasteiger charge is -2.39. The van der Waals surface area contributed by atoms with Crippen molar-refractivity contribution in [1.82, 2.24) is 4.90 Å². The summed E-state index contributed by atoms with van der Waals surface area (Å²) in [7, 11) is 3.83. The van der Waals surface area contributed by atoms with Gasteiger partial charge in [0.2, 0.25) is 0 Å². The molecule has 182 valence electrons. The highest BCUT2D eigenvalue weighted by molar-refractivity contribution is 5.65. The van der Waals surface area contributed by atoms with Crippen LogP contribution < -0.4 is 14.4 Å². The maximum absolute atomic E-state index is 12.0. The van der Waals surface area contributed by atoms with Crippen LogP contribution in [-0.4, -0.2) is 69.6 Å². The first-order valence-electron chi connectivity index (χ1n) is 10.3. The summed E-state index contributed by atoms with van der Waals surface area (Å²) in [6, 6.07) is 11.2. The van der Waals surface area contributed by atoms with E-state index >= 15 is 0 Å². The Kier molecular flexibility index (Phi) is 8.09. The molecule has 0 spiro atoms. The van der Waals surface area contributed by atoms with Crippen LogP contribution in [0.1, 0.15) is 11.8 Å². The average Bonchev–Trinajstić information content (AvgIpc) is 2.87. The highest BCUT2D eigenvalue weighted by atomic mass is 16.7. The zero-order valence-electron chi connectivity index (χ0n) is 19.0. The molecule has 1 unspecified atom stereocenters. The predicted octanol–water partition coefficient (Wildman–Crippen LogP) is 3.35. The van der Waals surface area contributed by atoms with Crippen LogP contribution in [0.25, 0.3) is 0 Å². The molecular formula is C22H25N3O9. The number of nitrogens with zero attached hydrogens (tertiary/aromatic N) is 3. The number of benzene rings is 2. The van der Waals surface area contributed by atoms with Gasteiger partial charge < -0.3 is 28.6 Å². The van der Waals surface area contributed by atoms with Crippen LogP contribution in [0, 0.1) is 10.1 Å². The molecule has 2 aromatic rings. The number of anilines is 1. The highest BCUT2D eigenvalue weighted by Gasteiger charge is 2.32. The van der Waals surface area contributed by atoms with Crippen molar-refractivity contribution in [3.05, 3.63) is 58.1 Å². The van der Waals surface area contributed by atoms with Crippen molar-refractivity contribution in [2.24, 2.45) is 0 Å². The Morgan fingerprint density at radius 2 is 1.65 bits per heavy atom. The van der Waals surface area contributed by atoms with Crippen LogP contribution in [-0.2, 0) is 14.2 Å². The van der Waals surface area contributed by atoms with Gasteiger partial charge in [-0.05, 0) is 18.2 Å². The summed E-state index contributed by atoms with van der Waals surface area (Å²) in [5, 5.41) is 11.4. The van der Waals surface area contributed by atoms with Crippen molar-refractivity contribution in [2.75, 3.05) is 52.4 Å². The van der Waals surface area contributed by atoms with Crippen molar-refractivity contribution in [2.45, 2.75) is 6.23 Å². The summed E-state index contributed by atoms with van der Waals surface area (Å²) in [4.78, 5) is 38.2. The van der Waals surface area contributed by atoms with Gasteiger partial charge in [-0.25, -0.2) is 9.59 Å². The number of hydrogen-bond acceptors (Lipinski definition) is 11. The fourth-order valence-corrected chi connectivity index (χ4v) is 3.65. The van der Waals surface area contributed by atoms with Crippen LogP contribution in [0.5, 0.6) is 11.5 Å². The minimum absolute atomic E-state index is 0.0289. The summed E-state index contributed by atoms with van der Waals surface area (Å²) in [5.74, 6) is 0.502. The fraction of sp³-hybridized carbons (Fsp3) is 0.364. The lowest BCUT2D eigenvalue weighted by Crippen LogP contribution is -2.48. The van der Waals surface area contributed by atoms with E-state index < -0.39 is 23.5 Å². The number of methoxy groups -OCH3 is 3. The van der Waals surface area contributed by atoms with Gasteiger partial charge in [0.25, 0.3) is 5.69 Å². The van der Waals surface area contributed by atoms with Gasteiger partial charge in [-0.2, -0.15) is 0 Å². The summed E-state index contributed by atoms with van der Waals surface area (Å²) in [6.45, 7) is 1.77. The normalized spacial score (nSPS) is 14.6. The van der Waals surface area contributed by atoms with E-state index in [1.165, 1.54) is 39.5 Å². The number of rotatable bonds is 7. The predicted molar refractivity (Wildman–Crippen MR) is 119 cm³/mol. The second-order valence-corrected chi connectivity index (χ2v) is 7.15. The van der Waals surface area contributed by atoms with Crippen LogP contribution in [0.3, 0.4) is 0 Å². The van der Waals surface area contributed by atoms with Gasteiger partial charge in [0.15, 0.2) is 6.23 Å². The van der Waals surface area contributed by atoms with Crippen molar-refractivity contribution >= 4 is 23.7 Å². The number of carbonyl (C=O) groups is 2. The Morgan fingerprint density at radius 3 is 2.26 bits per heavy atom. The Balaban J connectivity index is 1.83. The summed E-state index contributed by atoms with van der Waals surface area (Å²) < 4.78 is 25.2. The number of carbonyl (C=O) groups excluding carboxylic acids is 2. The van der Waals surface area contributed by atoms with Crippen LogP contribution in [0.4, 0.5) is 21.0 Å². The van der Waals surface area contributed by atoms with E-state index in [4.69, 9.17) is 18.9 Å². The van der Waals surface area contributed by atoms with E-state index in [1.807, 2.05) is 9.80 Å². The molecule has 0 aromatic heterocycles. The van der Waals surface area contributed by atoms with Crippen molar-refractivity contribution in [3.63, 3.8) is 0 Å². The van der Waals surface area contributed by atoms with Gasteiger partial charge in [-0.3, -0.25) is 15.0 Å². The zero-order valence-corrected chi connectivity index (χ0v) is 19.0. The largest absolute Gasteiger partial charge is 0.513 e. The molecule has 2 aromatic carbocycles. The molecule has 0 bridgehead atoms. The Labute approximate surface area is 195 Å². The van der Waals surface area contributed by atoms with Crippen molar-refractivity contribution < 1.29 is 38.2 Å². The SMILES string of the molecule is COC(=O)Oc1ccc(C(OC(=O)OC)N2CCN(c3ccccc3[N+](=O)[O-])CC2)c(OC)c1. The number of nitro groups is 1. The Bertz CT molecular complexity index is 1040. The Hall–Kier alpha value is -4.06. The number of hydrogen-bond donors (Lipinski definition) is 0. The van der Waals surface area contributed by atoms with Gasteiger partial charge >= 0.3 is 12.3 Å². The molecule has 1 aliphatic rings. The topological polar surface area (TPSA) is 130 Å². The number of piperazine rings is 1. The number of ether oxygens (including phenoxy) is 5. The second kappa shape index (κ2) is 11.2. The average molecular weight is 475 g/mol. The fourth-order valence-electron chi connectivity index (χ4n) is 3.65. The molecule has 1 aliphatic heterocycles. The molecule has 0 saturated carbocycles.